The number of unbranched alkanes of at least 4 members (excludes halogenated alkanes) is 1. The van der Waals surface area contributed by atoms with Gasteiger partial charge in [0.2, 0.25) is 0 Å². The largest absolute Gasteiger partial charge is 0.350 e. The molecule has 2 rings (SSSR count). The lowest BCUT2D eigenvalue weighted by Gasteiger charge is -2.18. The number of aryl methyl sites for hydroxylation is 2. The second-order valence-corrected chi connectivity index (χ2v) is 9.74. The number of carbonyl (C=O) groups is 2. The van der Waals surface area contributed by atoms with Gasteiger partial charge in [-0.15, -0.1) is 0 Å². The number of nitrogens with two attached hydrogens (primary N) is 2. The van der Waals surface area contributed by atoms with Crippen molar-refractivity contribution < 1.29 is 9.59 Å². The van der Waals surface area contributed by atoms with E-state index in [-0.39, 0.29) is 23.8 Å². The molecule has 0 aliphatic rings. The quantitative estimate of drug-likeness (QED) is 0.103. The van der Waals surface area contributed by atoms with Crippen molar-refractivity contribution in [2.24, 2.45) is 16.8 Å². The molecule has 202 valence electrons. The van der Waals surface area contributed by atoms with Gasteiger partial charge >= 0.3 is 6.03 Å². The molecular formula is C27H42N8O2. The Morgan fingerprint density at radius 2 is 1.70 bits per heavy atom. The van der Waals surface area contributed by atoms with Crippen molar-refractivity contribution in [3.63, 3.8) is 0 Å². The van der Waals surface area contributed by atoms with E-state index in [2.05, 4.69) is 65.0 Å². The number of anilines is 1. The third kappa shape index (κ3) is 9.74. The molecule has 0 unspecified atom stereocenters. The van der Waals surface area contributed by atoms with E-state index in [9.17, 15) is 9.59 Å². The monoisotopic (exact) mass is 510 g/mol. The van der Waals surface area contributed by atoms with Crippen LogP contribution >= 0.6 is 0 Å². The number of hydrazine groups is 1. The summed E-state index contributed by atoms with van der Waals surface area (Å²) in [5, 5.41) is 13.5. The van der Waals surface area contributed by atoms with E-state index < -0.39 is 0 Å². The van der Waals surface area contributed by atoms with Crippen LogP contribution in [0.15, 0.2) is 41.5 Å². The zero-order valence-electron chi connectivity index (χ0n) is 22.9. The van der Waals surface area contributed by atoms with Crippen LogP contribution in [0.3, 0.4) is 0 Å². The van der Waals surface area contributed by atoms with E-state index in [1.54, 1.807) is 25.2 Å². The summed E-state index contributed by atoms with van der Waals surface area (Å²) in [5.41, 5.74) is 5.20. The van der Waals surface area contributed by atoms with Gasteiger partial charge in [-0.05, 0) is 89.0 Å². The summed E-state index contributed by atoms with van der Waals surface area (Å²) in [7, 11) is 3.69. The number of hydrazone groups is 1. The van der Waals surface area contributed by atoms with Gasteiger partial charge in [0.1, 0.15) is 0 Å². The third-order valence-corrected chi connectivity index (χ3v) is 5.86. The number of benzene rings is 2. The molecule has 0 atom stereocenters. The number of amidine groups is 1. The molecule has 0 radical (unpaired) electrons. The highest BCUT2D eigenvalue weighted by Gasteiger charge is 2.15. The van der Waals surface area contributed by atoms with Crippen LogP contribution in [-0.2, 0) is 6.54 Å². The fourth-order valence-electron chi connectivity index (χ4n) is 3.85. The lowest BCUT2D eigenvalue weighted by molar-refractivity contribution is 0.0943. The summed E-state index contributed by atoms with van der Waals surface area (Å²) >= 11 is 0. The Bertz CT molecular complexity index is 1100. The third-order valence-electron chi connectivity index (χ3n) is 5.86. The number of rotatable bonds is 11. The number of nitrogens with zero attached hydrogens (tertiary/aromatic N) is 3. The average Bonchev–Trinajstić information content (AvgIpc) is 2.81. The van der Waals surface area contributed by atoms with E-state index in [1.807, 2.05) is 13.8 Å². The summed E-state index contributed by atoms with van der Waals surface area (Å²) in [5.74, 6) is 11.3. The molecule has 7 N–H and O–H groups in total. The van der Waals surface area contributed by atoms with Crippen molar-refractivity contribution in [3.8, 4) is 0 Å². The molecule has 0 aromatic heterocycles. The van der Waals surface area contributed by atoms with Gasteiger partial charge in [-0.3, -0.25) is 9.80 Å². The van der Waals surface area contributed by atoms with Crippen LogP contribution in [0.2, 0.25) is 0 Å². The molecule has 2 aromatic rings. The number of nitrogens with one attached hydrogen (secondary N) is 3. The van der Waals surface area contributed by atoms with E-state index >= 15 is 0 Å². The molecule has 10 heteroatoms. The molecule has 0 fully saturated rings. The first-order valence-electron chi connectivity index (χ1n) is 12.5. The van der Waals surface area contributed by atoms with Crippen LogP contribution in [0.1, 0.15) is 59.3 Å². The van der Waals surface area contributed by atoms with Gasteiger partial charge in [0.15, 0.2) is 5.84 Å². The molecule has 0 bridgehead atoms. The van der Waals surface area contributed by atoms with Crippen molar-refractivity contribution in [3.05, 3.63) is 64.2 Å². The van der Waals surface area contributed by atoms with E-state index in [0.717, 1.165) is 25.9 Å². The molecule has 0 saturated carbocycles. The minimum absolute atomic E-state index is 0.0456. The highest BCUT2D eigenvalue weighted by Crippen LogP contribution is 2.17. The van der Waals surface area contributed by atoms with Crippen LogP contribution in [-0.4, -0.2) is 60.9 Å². The Morgan fingerprint density at radius 3 is 2.32 bits per heavy atom. The Labute approximate surface area is 220 Å². The molecule has 0 saturated heterocycles. The van der Waals surface area contributed by atoms with Crippen molar-refractivity contribution in [2.75, 3.05) is 32.5 Å². The molecule has 0 spiro atoms. The Morgan fingerprint density at radius 1 is 1.00 bits per heavy atom. The maximum Gasteiger partial charge on any atom is 0.319 e. The van der Waals surface area contributed by atoms with Crippen molar-refractivity contribution in [1.29, 1.82) is 0 Å². The van der Waals surface area contributed by atoms with E-state index in [4.69, 9.17) is 11.7 Å². The van der Waals surface area contributed by atoms with E-state index in [1.165, 1.54) is 21.7 Å². The molecular weight excluding hydrogens is 468 g/mol. The Balaban J connectivity index is 1.90. The number of hydrogen-bond acceptors (Lipinski definition) is 6. The fourth-order valence-corrected chi connectivity index (χ4v) is 3.85. The first-order valence-corrected chi connectivity index (χ1v) is 12.5. The first-order chi connectivity index (χ1) is 17.5. The topological polar surface area (TPSA) is 141 Å². The SMILES string of the molecule is Cc1ccc(CN(C)CCCCNC(=O)Nc2cc(C(=O)NC(C)C)cc(/C(=N/N)N(C)N)c2)cc1C. The predicted octanol–water partition coefficient (Wildman–Crippen LogP) is 2.90. The van der Waals surface area contributed by atoms with Gasteiger partial charge in [0.05, 0.1) is 0 Å². The molecule has 3 amide bonds. The minimum atomic E-state index is -0.358. The standard InChI is InChI=1S/C27H42N8O2/c1-18(2)31-26(36)23-14-22(25(33-28)35(6)29)15-24(16-23)32-27(37)30-11-7-8-12-34(5)17-21-10-9-19(3)20(4)13-21/h9-10,13-16,18H,7-8,11-12,17,28-29H2,1-6H3,(H,31,36)(H2,30,32,37)/b33-25-. The maximum atomic E-state index is 12.6. The van der Waals surface area contributed by atoms with Gasteiger partial charge < -0.3 is 26.7 Å². The smallest absolute Gasteiger partial charge is 0.319 e. The van der Waals surface area contributed by atoms with Gasteiger partial charge in [-0.1, -0.05) is 18.2 Å². The molecule has 0 aliphatic carbocycles. The van der Waals surface area contributed by atoms with Gasteiger partial charge in [0.25, 0.3) is 5.91 Å². The lowest BCUT2D eigenvalue weighted by atomic mass is 10.1. The van der Waals surface area contributed by atoms with Gasteiger partial charge in [0, 0.05) is 43.0 Å². The number of amides is 3. The summed E-state index contributed by atoms with van der Waals surface area (Å²) in [6.45, 7) is 10.4. The fraction of sp³-hybridized carbons (Fsp3) is 0.444. The van der Waals surface area contributed by atoms with Crippen LogP contribution in [0.25, 0.3) is 0 Å². The van der Waals surface area contributed by atoms with E-state index in [0.29, 0.717) is 23.4 Å². The summed E-state index contributed by atoms with van der Waals surface area (Å²) in [4.78, 5) is 27.4. The van der Waals surface area contributed by atoms with Crippen LogP contribution in [0.4, 0.5) is 10.5 Å². The van der Waals surface area contributed by atoms with Crippen molar-refractivity contribution in [1.82, 2.24) is 20.5 Å². The van der Waals surface area contributed by atoms with Gasteiger partial charge in [-0.2, -0.15) is 5.10 Å². The zero-order valence-corrected chi connectivity index (χ0v) is 22.9. The van der Waals surface area contributed by atoms with Crippen molar-refractivity contribution in [2.45, 2.75) is 53.1 Å². The average molecular weight is 511 g/mol. The van der Waals surface area contributed by atoms with Crippen LogP contribution in [0, 0.1) is 13.8 Å². The van der Waals surface area contributed by atoms with Crippen LogP contribution in [0.5, 0.6) is 0 Å². The maximum absolute atomic E-state index is 12.6. The summed E-state index contributed by atoms with van der Waals surface area (Å²) < 4.78 is 0. The lowest BCUT2D eigenvalue weighted by Crippen LogP contribution is -2.36. The van der Waals surface area contributed by atoms with Crippen molar-refractivity contribution >= 4 is 23.5 Å². The molecule has 0 aliphatic heterocycles. The summed E-state index contributed by atoms with van der Waals surface area (Å²) in [6.07, 6.45) is 1.80. The normalized spacial score (nSPS) is 11.5. The van der Waals surface area contributed by atoms with Crippen LogP contribution < -0.4 is 27.6 Å². The Kier molecular flexibility index (Phi) is 11.4. The molecule has 0 heterocycles. The molecule has 37 heavy (non-hydrogen) atoms. The minimum Gasteiger partial charge on any atom is -0.350 e. The molecule has 2 aromatic carbocycles. The number of hydrogen-bond donors (Lipinski definition) is 5. The predicted molar refractivity (Wildman–Crippen MR) is 150 cm³/mol. The Hall–Kier alpha value is -3.63. The first kappa shape index (κ1) is 29.6. The highest BCUT2D eigenvalue weighted by atomic mass is 16.2. The second kappa shape index (κ2) is 14.2. The number of urea groups is 1. The highest BCUT2D eigenvalue weighted by molar-refractivity contribution is 6.04. The second-order valence-electron chi connectivity index (χ2n) is 9.74. The number of carbonyl (C=O) groups excluding carboxylic acids is 2. The van der Waals surface area contributed by atoms with Gasteiger partial charge in [-0.25, -0.2) is 10.6 Å². The summed E-state index contributed by atoms with van der Waals surface area (Å²) in [6, 6.07) is 11.1. The zero-order chi connectivity index (χ0) is 27.5. The molecule has 10 nitrogen and oxygen atoms in total.